The second-order valence-electron chi connectivity index (χ2n) is 8.34. The molecule has 1 amide bonds. The van der Waals surface area contributed by atoms with Gasteiger partial charge in [0.15, 0.2) is 0 Å². The number of halogens is 3. The number of hydrogen-bond acceptors (Lipinski definition) is 3. The topological polar surface area (TPSA) is 38.8 Å². The van der Waals surface area contributed by atoms with Gasteiger partial charge in [0.1, 0.15) is 5.75 Å². The Hall–Kier alpha value is -3.32. The van der Waals surface area contributed by atoms with Gasteiger partial charge in [-0.3, -0.25) is 4.79 Å². The smallest absolute Gasteiger partial charge is 0.416 e. The summed E-state index contributed by atoms with van der Waals surface area (Å²) in [5.41, 5.74) is 2.88. The minimum absolute atomic E-state index is 0.00844. The molecule has 0 bridgehead atoms. The van der Waals surface area contributed by atoms with Crippen molar-refractivity contribution < 1.29 is 27.4 Å². The van der Waals surface area contributed by atoms with Gasteiger partial charge in [-0.05, 0) is 40.5 Å². The lowest BCUT2D eigenvalue weighted by molar-refractivity contribution is -0.137. The van der Waals surface area contributed by atoms with Crippen LogP contribution >= 0.6 is 0 Å². The van der Waals surface area contributed by atoms with Gasteiger partial charge in [-0.25, -0.2) is 0 Å². The van der Waals surface area contributed by atoms with Crippen molar-refractivity contribution in [3.8, 4) is 16.9 Å². The summed E-state index contributed by atoms with van der Waals surface area (Å²) in [6.07, 6.45) is -4.17. The lowest BCUT2D eigenvalue weighted by atomic mass is 9.95. The molecule has 3 aromatic carbocycles. The average molecular weight is 470 g/mol. The molecule has 0 saturated carbocycles. The lowest BCUT2D eigenvalue weighted by Crippen LogP contribution is -2.38. The zero-order valence-corrected chi connectivity index (χ0v) is 19.2. The normalized spacial score (nSPS) is 17.4. The molecule has 0 aliphatic heterocycles. The van der Waals surface area contributed by atoms with Crippen molar-refractivity contribution in [2.75, 3.05) is 14.2 Å². The summed E-state index contributed by atoms with van der Waals surface area (Å²) in [4.78, 5) is 14.5. The maximum Gasteiger partial charge on any atom is 0.416 e. The molecule has 0 aromatic heterocycles. The predicted octanol–water partition coefficient (Wildman–Crippen LogP) is 6.04. The number of fused-ring (bicyclic) bond motifs is 1. The van der Waals surface area contributed by atoms with E-state index >= 15 is 0 Å². The molecule has 0 spiro atoms. The first-order valence-corrected chi connectivity index (χ1v) is 11.0. The summed E-state index contributed by atoms with van der Waals surface area (Å²) >= 11 is 0. The van der Waals surface area contributed by atoms with Crippen LogP contribution in [0.2, 0.25) is 0 Å². The number of carbonyl (C=O) groups is 1. The van der Waals surface area contributed by atoms with Crippen LogP contribution < -0.4 is 4.74 Å². The zero-order chi connectivity index (χ0) is 24.5. The molecule has 1 aliphatic carbocycles. The van der Waals surface area contributed by atoms with Crippen LogP contribution in [0.5, 0.6) is 5.75 Å². The van der Waals surface area contributed by atoms with Crippen molar-refractivity contribution in [2.24, 2.45) is 0 Å². The van der Waals surface area contributed by atoms with Crippen LogP contribution in [-0.2, 0) is 28.7 Å². The maximum atomic E-state index is 13.6. The first kappa shape index (κ1) is 23.8. The average Bonchev–Trinajstić information content (AvgIpc) is 3.20. The van der Waals surface area contributed by atoms with E-state index in [1.807, 2.05) is 24.3 Å². The Morgan fingerprint density at radius 1 is 1.00 bits per heavy atom. The van der Waals surface area contributed by atoms with Crippen LogP contribution in [0.25, 0.3) is 11.1 Å². The molecule has 2 atom stereocenters. The van der Waals surface area contributed by atoms with E-state index in [1.54, 1.807) is 36.3 Å². The fourth-order valence-corrected chi connectivity index (χ4v) is 4.74. The second-order valence-corrected chi connectivity index (χ2v) is 8.34. The van der Waals surface area contributed by atoms with Crippen LogP contribution in [-0.4, -0.2) is 31.1 Å². The van der Waals surface area contributed by atoms with E-state index in [2.05, 4.69) is 0 Å². The van der Waals surface area contributed by atoms with Crippen molar-refractivity contribution in [3.63, 3.8) is 0 Å². The van der Waals surface area contributed by atoms with Crippen LogP contribution in [0.15, 0.2) is 66.7 Å². The quantitative estimate of drug-likeness (QED) is 0.442. The molecule has 4 nitrogen and oxygen atoms in total. The van der Waals surface area contributed by atoms with Crippen molar-refractivity contribution >= 4 is 5.91 Å². The number of para-hydroxylation sites is 1. The van der Waals surface area contributed by atoms with Gasteiger partial charge in [0, 0.05) is 32.6 Å². The molecule has 0 N–H and O–H groups in total. The van der Waals surface area contributed by atoms with Crippen molar-refractivity contribution in [1.29, 1.82) is 0 Å². The number of rotatable bonds is 6. The first-order valence-electron chi connectivity index (χ1n) is 11.0. The van der Waals surface area contributed by atoms with Crippen molar-refractivity contribution in [1.82, 2.24) is 4.90 Å². The molecule has 4 rings (SSSR count). The Morgan fingerprint density at radius 3 is 2.38 bits per heavy atom. The molecule has 7 heteroatoms. The van der Waals surface area contributed by atoms with E-state index in [-0.39, 0.29) is 18.6 Å². The Kier molecular flexibility index (Phi) is 6.66. The number of nitrogens with zero attached hydrogens (tertiary/aromatic N) is 1. The molecule has 178 valence electrons. The Bertz CT molecular complexity index is 1190. The van der Waals surface area contributed by atoms with Crippen LogP contribution in [0.4, 0.5) is 13.2 Å². The molecule has 34 heavy (non-hydrogen) atoms. The SMILES string of the molecule is COc1ccccc1-c1ccc(C(F)(F)F)cc1CN(C(C)=O)[C@@H]1c2ccccc2C[C@@H]1OC. The highest BCUT2D eigenvalue weighted by atomic mass is 19.4. The molecule has 0 radical (unpaired) electrons. The monoisotopic (exact) mass is 469 g/mol. The third kappa shape index (κ3) is 4.53. The molecular weight excluding hydrogens is 443 g/mol. The first-order chi connectivity index (χ1) is 16.2. The van der Waals surface area contributed by atoms with Gasteiger partial charge in [-0.2, -0.15) is 13.2 Å². The zero-order valence-electron chi connectivity index (χ0n) is 19.2. The van der Waals surface area contributed by atoms with E-state index in [4.69, 9.17) is 9.47 Å². The third-order valence-electron chi connectivity index (χ3n) is 6.36. The standard InChI is InChI=1S/C27H26F3NO3/c1-17(32)31(26-22-9-5-4-8-18(22)15-25(26)34-3)16-19-14-20(27(28,29)30)12-13-21(19)23-10-6-7-11-24(23)33-2/h4-14,25-26H,15-16H2,1-3H3/t25-,26+/m0/s1. The number of ether oxygens (including phenoxy) is 2. The molecular formula is C27H26F3NO3. The summed E-state index contributed by atoms with van der Waals surface area (Å²) in [5, 5.41) is 0. The van der Waals surface area contributed by atoms with Crippen molar-refractivity contribution in [2.45, 2.75) is 38.2 Å². The second kappa shape index (κ2) is 9.50. The number of methoxy groups -OCH3 is 2. The fraction of sp³-hybridized carbons (Fsp3) is 0.296. The highest BCUT2D eigenvalue weighted by molar-refractivity contribution is 5.77. The largest absolute Gasteiger partial charge is 0.496 e. The van der Waals surface area contributed by atoms with Gasteiger partial charge in [-0.1, -0.05) is 48.5 Å². The molecule has 0 saturated heterocycles. The molecule has 3 aromatic rings. The van der Waals surface area contributed by atoms with E-state index in [1.165, 1.54) is 20.1 Å². The summed E-state index contributed by atoms with van der Waals surface area (Å²) in [6, 6.07) is 18.1. The van der Waals surface area contributed by atoms with E-state index in [0.717, 1.165) is 23.3 Å². The van der Waals surface area contributed by atoms with Crippen molar-refractivity contribution in [3.05, 3.63) is 89.0 Å². The highest BCUT2D eigenvalue weighted by Crippen LogP contribution is 2.41. The number of benzene rings is 3. The van der Waals surface area contributed by atoms with Crippen LogP contribution in [0.3, 0.4) is 0 Å². The summed E-state index contributed by atoms with van der Waals surface area (Å²) in [6.45, 7) is 1.43. The van der Waals surface area contributed by atoms with Gasteiger partial charge in [-0.15, -0.1) is 0 Å². The van der Waals surface area contributed by atoms with Gasteiger partial charge >= 0.3 is 6.18 Å². The van der Waals surface area contributed by atoms with Crippen LogP contribution in [0, 0.1) is 0 Å². The maximum absolute atomic E-state index is 13.6. The summed E-state index contributed by atoms with van der Waals surface area (Å²) < 4.78 is 52.1. The summed E-state index contributed by atoms with van der Waals surface area (Å²) in [5.74, 6) is 0.297. The molecule has 0 fully saturated rings. The highest BCUT2D eigenvalue weighted by Gasteiger charge is 2.39. The third-order valence-corrected chi connectivity index (χ3v) is 6.36. The lowest BCUT2D eigenvalue weighted by Gasteiger charge is -2.33. The Labute approximate surface area is 196 Å². The van der Waals surface area contributed by atoms with Gasteiger partial charge < -0.3 is 14.4 Å². The molecule has 1 aliphatic rings. The van der Waals surface area contributed by atoms with E-state index < -0.39 is 17.8 Å². The molecule has 0 unspecified atom stereocenters. The minimum atomic E-state index is -4.51. The Morgan fingerprint density at radius 2 is 1.71 bits per heavy atom. The number of carbonyl (C=O) groups excluding carboxylic acids is 1. The van der Waals surface area contributed by atoms with Gasteiger partial charge in [0.25, 0.3) is 0 Å². The molecule has 0 heterocycles. The number of hydrogen-bond donors (Lipinski definition) is 0. The number of amides is 1. The van der Waals surface area contributed by atoms with Crippen LogP contribution in [0.1, 0.15) is 35.2 Å². The minimum Gasteiger partial charge on any atom is -0.496 e. The van der Waals surface area contributed by atoms with E-state index in [0.29, 0.717) is 28.9 Å². The predicted molar refractivity (Wildman–Crippen MR) is 123 cm³/mol. The van der Waals surface area contributed by atoms with Gasteiger partial charge in [0.05, 0.1) is 24.8 Å². The fourth-order valence-electron chi connectivity index (χ4n) is 4.74. The number of alkyl halides is 3. The Balaban J connectivity index is 1.84. The van der Waals surface area contributed by atoms with Gasteiger partial charge in [0.2, 0.25) is 5.91 Å². The van der Waals surface area contributed by atoms with E-state index in [9.17, 15) is 18.0 Å². The summed E-state index contributed by atoms with van der Waals surface area (Å²) in [7, 11) is 3.11.